The summed E-state index contributed by atoms with van der Waals surface area (Å²) in [5.41, 5.74) is 0.335. The molecule has 2 aromatic carbocycles. The molecule has 0 aromatic heterocycles. The van der Waals surface area contributed by atoms with E-state index in [4.69, 9.17) is 0 Å². The van der Waals surface area contributed by atoms with Gasteiger partial charge in [-0.15, -0.1) is 13.2 Å². The average molecular weight is 379 g/mol. The van der Waals surface area contributed by atoms with Crippen LogP contribution >= 0.6 is 0 Å². The summed E-state index contributed by atoms with van der Waals surface area (Å²) in [5, 5.41) is 2.45. The van der Waals surface area contributed by atoms with E-state index in [9.17, 15) is 31.1 Å². The smallest absolute Gasteiger partial charge is 0.484 e. The molecule has 2 aromatic rings. The number of halogens is 6. The van der Waals surface area contributed by atoms with E-state index in [1.54, 1.807) is 0 Å². The predicted octanol–water partition coefficient (Wildman–Crippen LogP) is 4.78. The Kier molecular flexibility index (Phi) is 5.63. The molecule has 1 amide bonds. The molecular weight excluding hydrogens is 368 g/mol. The van der Waals surface area contributed by atoms with Crippen molar-refractivity contribution in [2.24, 2.45) is 0 Å². The van der Waals surface area contributed by atoms with E-state index < -0.39 is 30.8 Å². The van der Waals surface area contributed by atoms with Crippen LogP contribution in [0.2, 0.25) is 0 Å². The van der Waals surface area contributed by atoms with Crippen LogP contribution in [0, 0.1) is 0 Å². The van der Waals surface area contributed by atoms with Gasteiger partial charge in [0.15, 0.2) is 6.61 Å². The maximum Gasteiger partial charge on any atom is 0.573 e. The molecule has 0 saturated heterocycles. The fraction of sp³-hybridized carbons (Fsp3) is 0.188. The number of carbonyl (C=O) groups excluding carboxylic acids is 1. The highest BCUT2D eigenvalue weighted by Crippen LogP contribution is 2.23. The lowest BCUT2D eigenvalue weighted by atomic mass is 10.2. The maximum absolute atomic E-state index is 12.1. The molecular formula is C16H11F6NO3. The molecule has 0 aliphatic rings. The Morgan fingerprint density at radius 1 is 0.846 bits per heavy atom. The monoisotopic (exact) mass is 379 g/mol. The van der Waals surface area contributed by atoms with E-state index in [-0.39, 0.29) is 17.0 Å². The first-order valence-corrected chi connectivity index (χ1v) is 6.99. The number of hydrogen-bond acceptors (Lipinski definition) is 3. The third kappa shape index (κ3) is 6.54. The Labute approximate surface area is 143 Å². The van der Waals surface area contributed by atoms with Crippen molar-refractivity contribution in [3.05, 3.63) is 54.1 Å². The van der Waals surface area contributed by atoms with Crippen molar-refractivity contribution in [3.63, 3.8) is 0 Å². The molecule has 26 heavy (non-hydrogen) atoms. The van der Waals surface area contributed by atoms with E-state index >= 15 is 0 Å². The normalized spacial score (nSPS) is 11.8. The fourth-order valence-electron chi connectivity index (χ4n) is 1.81. The average Bonchev–Trinajstić information content (AvgIpc) is 2.52. The first-order valence-electron chi connectivity index (χ1n) is 6.99. The minimum absolute atomic E-state index is 0.0334. The van der Waals surface area contributed by atoms with Crippen LogP contribution in [0.4, 0.5) is 32.0 Å². The highest BCUT2D eigenvalue weighted by molar-refractivity contribution is 6.04. The van der Waals surface area contributed by atoms with Crippen LogP contribution in [-0.2, 0) is 0 Å². The Morgan fingerprint density at radius 2 is 1.38 bits per heavy atom. The Balaban J connectivity index is 1.95. The van der Waals surface area contributed by atoms with E-state index in [1.807, 2.05) is 0 Å². The molecule has 0 saturated carbocycles. The first kappa shape index (κ1) is 19.4. The van der Waals surface area contributed by atoms with Gasteiger partial charge in [0.05, 0.1) is 0 Å². The molecule has 0 fully saturated rings. The minimum Gasteiger partial charge on any atom is -0.484 e. The Morgan fingerprint density at radius 3 is 1.88 bits per heavy atom. The number of anilines is 1. The van der Waals surface area contributed by atoms with Gasteiger partial charge in [0.25, 0.3) is 5.91 Å². The van der Waals surface area contributed by atoms with E-state index in [0.29, 0.717) is 0 Å². The summed E-state index contributed by atoms with van der Waals surface area (Å²) in [6.07, 6.45) is -9.30. The molecule has 0 radical (unpaired) electrons. The number of nitrogens with one attached hydrogen (secondary N) is 1. The molecule has 4 nitrogen and oxygen atoms in total. The van der Waals surface area contributed by atoms with Gasteiger partial charge < -0.3 is 14.8 Å². The number of carbonyl (C=O) groups is 1. The second-order valence-corrected chi connectivity index (χ2v) is 4.95. The third-order valence-corrected chi connectivity index (χ3v) is 2.86. The fourth-order valence-corrected chi connectivity index (χ4v) is 1.81. The maximum atomic E-state index is 12.1. The van der Waals surface area contributed by atoms with E-state index in [0.717, 1.165) is 24.3 Å². The van der Waals surface area contributed by atoms with Gasteiger partial charge in [-0.05, 0) is 48.5 Å². The van der Waals surface area contributed by atoms with Crippen molar-refractivity contribution >= 4 is 11.6 Å². The van der Waals surface area contributed by atoms with E-state index in [1.165, 1.54) is 24.3 Å². The molecule has 0 bridgehead atoms. The summed E-state index contributed by atoms with van der Waals surface area (Å²) in [6, 6.07) is 9.36. The zero-order valence-electron chi connectivity index (χ0n) is 12.8. The quantitative estimate of drug-likeness (QED) is 0.761. The van der Waals surface area contributed by atoms with Gasteiger partial charge in [0.2, 0.25) is 0 Å². The summed E-state index contributed by atoms with van der Waals surface area (Å²) in [7, 11) is 0. The first-order chi connectivity index (χ1) is 12.0. The van der Waals surface area contributed by atoms with Crippen LogP contribution < -0.4 is 14.8 Å². The molecule has 10 heteroatoms. The Bertz CT molecular complexity index is 739. The molecule has 2 rings (SSSR count). The van der Waals surface area contributed by atoms with Gasteiger partial charge in [0, 0.05) is 11.3 Å². The lowest BCUT2D eigenvalue weighted by Gasteiger charge is -2.11. The summed E-state index contributed by atoms with van der Waals surface area (Å²) in [6.45, 7) is -1.44. The van der Waals surface area contributed by atoms with Crippen molar-refractivity contribution in [1.29, 1.82) is 0 Å². The van der Waals surface area contributed by atoms with E-state index in [2.05, 4.69) is 14.8 Å². The molecule has 0 heterocycles. The van der Waals surface area contributed by atoms with Crippen LogP contribution in [0.25, 0.3) is 0 Å². The van der Waals surface area contributed by atoms with Gasteiger partial charge in [0.1, 0.15) is 11.5 Å². The van der Waals surface area contributed by atoms with Crippen molar-refractivity contribution in [1.82, 2.24) is 0 Å². The largest absolute Gasteiger partial charge is 0.573 e. The number of amides is 1. The number of ether oxygens (including phenoxy) is 2. The highest BCUT2D eigenvalue weighted by Gasteiger charge is 2.31. The molecule has 0 atom stereocenters. The summed E-state index contributed by atoms with van der Waals surface area (Å²) >= 11 is 0. The number of rotatable bonds is 5. The number of hydrogen-bond donors (Lipinski definition) is 1. The Hall–Kier alpha value is -2.91. The van der Waals surface area contributed by atoms with Crippen LogP contribution in [-0.4, -0.2) is 25.1 Å². The highest BCUT2D eigenvalue weighted by atomic mass is 19.4. The van der Waals surface area contributed by atoms with Gasteiger partial charge in [-0.2, -0.15) is 13.2 Å². The lowest BCUT2D eigenvalue weighted by Crippen LogP contribution is -2.19. The number of alkyl halides is 6. The van der Waals surface area contributed by atoms with Gasteiger partial charge in [-0.3, -0.25) is 4.79 Å². The number of benzene rings is 2. The molecule has 0 unspecified atom stereocenters. The van der Waals surface area contributed by atoms with Crippen LogP contribution in [0.1, 0.15) is 10.4 Å². The van der Waals surface area contributed by atoms with Gasteiger partial charge in [-0.25, -0.2) is 0 Å². The third-order valence-electron chi connectivity index (χ3n) is 2.86. The van der Waals surface area contributed by atoms with Crippen molar-refractivity contribution < 1.29 is 40.6 Å². The summed E-state index contributed by atoms with van der Waals surface area (Å²) < 4.78 is 80.6. The topological polar surface area (TPSA) is 47.6 Å². The SMILES string of the molecule is O=C(Nc1ccc(OCC(F)(F)F)cc1)c1ccc(OC(F)(F)F)cc1. The molecule has 1 N–H and O–H groups in total. The molecule has 140 valence electrons. The zero-order valence-corrected chi connectivity index (χ0v) is 12.8. The molecule has 0 aliphatic heterocycles. The van der Waals surface area contributed by atoms with Crippen molar-refractivity contribution in [2.75, 3.05) is 11.9 Å². The van der Waals surface area contributed by atoms with Crippen molar-refractivity contribution in [3.8, 4) is 11.5 Å². The van der Waals surface area contributed by atoms with Crippen LogP contribution in [0.15, 0.2) is 48.5 Å². The zero-order chi connectivity index (χ0) is 19.4. The minimum atomic E-state index is -4.83. The summed E-state index contributed by atoms with van der Waals surface area (Å²) in [5.74, 6) is -1.12. The standard InChI is InChI=1S/C16H11F6NO3/c17-15(18,19)9-25-12-7-3-11(4-8-12)23-14(24)10-1-5-13(6-2-10)26-16(20,21)22/h1-8H,9H2,(H,23,24). The summed E-state index contributed by atoms with van der Waals surface area (Å²) in [4.78, 5) is 12.0. The van der Waals surface area contributed by atoms with Crippen LogP contribution in [0.5, 0.6) is 11.5 Å². The predicted molar refractivity (Wildman–Crippen MR) is 79.1 cm³/mol. The van der Waals surface area contributed by atoms with Gasteiger partial charge in [-0.1, -0.05) is 0 Å². The lowest BCUT2D eigenvalue weighted by molar-refractivity contribution is -0.274. The molecule has 0 aliphatic carbocycles. The van der Waals surface area contributed by atoms with Crippen LogP contribution in [0.3, 0.4) is 0 Å². The second-order valence-electron chi connectivity index (χ2n) is 4.95. The van der Waals surface area contributed by atoms with Crippen molar-refractivity contribution in [2.45, 2.75) is 12.5 Å². The second kappa shape index (κ2) is 7.54. The molecule has 0 spiro atoms. The van der Waals surface area contributed by atoms with Gasteiger partial charge >= 0.3 is 12.5 Å².